The first-order chi connectivity index (χ1) is 15.1. The lowest BCUT2D eigenvalue weighted by molar-refractivity contribution is -0.138. The number of fused-ring (bicyclic) bond motifs is 1. The Balaban J connectivity index is 1.67. The van der Waals surface area contributed by atoms with Crippen LogP contribution in [0.2, 0.25) is 0 Å². The van der Waals surface area contributed by atoms with Crippen LogP contribution in [-0.2, 0) is 6.18 Å². The fraction of sp³-hybridized carbons (Fsp3) is 0.125. The van der Waals surface area contributed by atoms with Crippen molar-refractivity contribution in [1.82, 2.24) is 9.97 Å². The van der Waals surface area contributed by atoms with Gasteiger partial charge in [-0.15, -0.1) is 0 Å². The van der Waals surface area contributed by atoms with Crippen molar-refractivity contribution >= 4 is 28.4 Å². The Morgan fingerprint density at radius 3 is 2.56 bits per heavy atom. The van der Waals surface area contributed by atoms with Crippen molar-refractivity contribution in [3.63, 3.8) is 0 Å². The predicted octanol–water partition coefficient (Wildman–Crippen LogP) is 5.77. The zero-order valence-electron chi connectivity index (χ0n) is 17.3. The molecule has 0 aliphatic carbocycles. The molecule has 32 heavy (non-hydrogen) atoms. The van der Waals surface area contributed by atoms with E-state index in [4.69, 9.17) is 5.73 Å². The Kier molecular flexibility index (Phi) is 5.30. The lowest BCUT2D eigenvalue weighted by Gasteiger charge is -2.15. The van der Waals surface area contributed by atoms with Crippen LogP contribution in [0.4, 0.5) is 24.8 Å². The van der Waals surface area contributed by atoms with Crippen LogP contribution in [0, 0.1) is 13.8 Å². The minimum absolute atomic E-state index is 0.0256. The molecule has 4 rings (SSSR count). The van der Waals surface area contributed by atoms with Crippen LogP contribution in [0.3, 0.4) is 0 Å². The third-order valence-corrected chi connectivity index (χ3v) is 5.29. The molecule has 3 aromatic carbocycles. The number of alkyl halides is 3. The largest absolute Gasteiger partial charge is 0.416 e. The van der Waals surface area contributed by atoms with Gasteiger partial charge in [0.05, 0.1) is 11.1 Å². The Bertz CT molecular complexity index is 1350. The highest BCUT2D eigenvalue weighted by Gasteiger charge is 2.33. The van der Waals surface area contributed by atoms with Crippen molar-refractivity contribution in [3.05, 3.63) is 83.0 Å². The van der Waals surface area contributed by atoms with Gasteiger partial charge in [0.2, 0.25) is 5.95 Å². The fourth-order valence-electron chi connectivity index (χ4n) is 3.61. The first kappa shape index (κ1) is 21.3. The summed E-state index contributed by atoms with van der Waals surface area (Å²) in [5, 5.41) is 3.52. The van der Waals surface area contributed by atoms with Crippen molar-refractivity contribution in [2.45, 2.75) is 20.0 Å². The summed E-state index contributed by atoms with van der Waals surface area (Å²) in [6, 6.07) is 14.6. The van der Waals surface area contributed by atoms with Crippen molar-refractivity contribution in [1.29, 1.82) is 0 Å². The number of anilines is 2. The van der Waals surface area contributed by atoms with E-state index in [0.29, 0.717) is 11.2 Å². The van der Waals surface area contributed by atoms with Gasteiger partial charge in [-0.2, -0.15) is 13.2 Å². The molecule has 4 aromatic rings. The van der Waals surface area contributed by atoms with Crippen LogP contribution in [-0.4, -0.2) is 15.9 Å². The number of hydrogen-bond acceptors (Lipinski definition) is 4. The molecule has 0 spiro atoms. The van der Waals surface area contributed by atoms with Crippen LogP contribution in [0.15, 0.2) is 60.8 Å². The smallest absolute Gasteiger partial charge is 0.368 e. The maximum atomic E-state index is 13.2. The highest BCUT2D eigenvalue weighted by atomic mass is 19.4. The Labute approximate surface area is 182 Å². The van der Waals surface area contributed by atoms with Gasteiger partial charge in [0.25, 0.3) is 5.91 Å². The number of halogens is 3. The van der Waals surface area contributed by atoms with Crippen LogP contribution >= 0.6 is 0 Å². The number of rotatable bonds is 3. The van der Waals surface area contributed by atoms with E-state index in [1.165, 1.54) is 19.1 Å². The van der Waals surface area contributed by atoms with E-state index >= 15 is 0 Å². The van der Waals surface area contributed by atoms with Gasteiger partial charge in [-0.3, -0.25) is 4.79 Å². The first-order valence-electron chi connectivity index (χ1n) is 9.75. The molecule has 0 saturated carbocycles. The number of benzene rings is 3. The lowest BCUT2D eigenvalue weighted by atomic mass is 9.98. The molecule has 3 N–H and O–H groups in total. The van der Waals surface area contributed by atoms with Crippen LogP contribution in [0.1, 0.15) is 27.0 Å². The molecule has 0 radical (unpaired) electrons. The molecule has 0 aliphatic rings. The van der Waals surface area contributed by atoms with Crippen LogP contribution in [0.25, 0.3) is 22.0 Å². The summed E-state index contributed by atoms with van der Waals surface area (Å²) in [5.74, 6) is -0.415. The predicted molar refractivity (Wildman–Crippen MR) is 118 cm³/mol. The van der Waals surface area contributed by atoms with Crippen molar-refractivity contribution in [3.8, 4) is 11.1 Å². The third kappa shape index (κ3) is 4.12. The molecule has 8 heteroatoms. The third-order valence-electron chi connectivity index (χ3n) is 5.29. The van der Waals surface area contributed by atoms with E-state index in [2.05, 4.69) is 15.3 Å². The van der Waals surface area contributed by atoms with Crippen molar-refractivity contribution < 1.29 is 18.0 Å². The number of hydrogen-bond donors (Lipinski definition) is 2. The quantitative estimate of drug-likeness (QED) is 0.427. The van der Waals surface area contributed by atoms with Gasteiger partial charge < -0.3 is 11.1 Å². The SMILES string of the molecule is Cc1ccc(NC(=O)c2cccc(C(F)(F)F)c2C)cc1-c1ccc2nc(N)ncc2c1. The number of carbonyl (C=O) groups excluding carboxylic acids is 1. The van der Waals surface area contributed by atoms with Gasteiger partial charge in [-0.25, -0.2) is 9.97 Å². The molecule has 5 nitrogen and oxygen atoms in total. The first-order valence-corrected chi connectivity index (χ1v) is 9.75. The molecule has 1 amide bonds. The van der Waals surface area contributed by atoms with E-state index in [1.54, 1.807) is 18.3 Å². The fourth-order valence-corrected chi connectivity index (χ4v) is 3.61. The standard InChI is InChI=1S/C24H19F3N4O/c1-13-6-8-17(30-22(32)18-4-3-5-20(14(18)2)24(25,26)27)11-19(13)15-7-9-21-16(10-15)12-29-23(28)31-21/h3-12H,1-2H3,(H,30,32)(H2,28,29,31). The molecule has 1 heterocycles. The number of nitrogens with zero attached hydrogens (tertiary/aromatic N) is 2. The Morgan fingerprint density at radius 1 is 1.03 bits per heavy atom. The lowest BCUT2D eigenvalue weighted by Crippen LogP contribution is -2.16. The number of aryl methyl sites for hydroxylation is 1. The van der Waals surface area contributed by atoms with E-state index in [1.807, 2.05) is 31.2 Å². The molecular formula is C24H19F3N4O. The minimum atomic E-state index is -4.53. The monoisotopic (exact) mass is 436 g/mol. The number of nitrogen functional groups attached to an aromatic ring is 1. The average Bonchev–Trinajstić information content (AvgIpc) is 2.74. The van der Waals surface area contributed by atoms with Crippen molar-refractivity contribution in [2.75, 3.05) is 11.1 Å². The van der Waals surface area contributed by atoms with Gasteiger partial charge in [-0.1, -0.05) is 18.2 Å². The Hall–Kier alpha value is -3.94. The summed E-state index contributed by atoms with van der Waals surface area (Å²) >= 11 is 0. The second-order valence-electron chi connectivity index (χ2n) is 7.46. The van der Waals surface area contributed by atoms with Crippen LogP contribution < -0.4 is 11.1 Å². The molecule has 0 unspecified atom stereocenters. The number of nitrogens with two attached hydrogens (primary N) is 1. The second kappa shape index (κ2) is 7.96. The summed E-state index contributed by atoms with van der Waals surface area (Å²) in [6.07, 6.45) is -2.89. The molecule has 0 bridgehead atoms. The van der Waals surface area contributed by atoms with Gasteiger partial charge in [0, 0.05) is 22.8 Å². The van der Waals surface area contributed by atoms with E-state index < -0.39 is 17.6 Å². The maximum Gasteiger partial charge on any atom is 0.416 e. The van der Waals surface area contributed by atoms with E-state index in [9.17, 15) is 18.0 Å². The number of amides is 1. The number of aromatic nitrogens is 2. The van der Waals surface area contributed by atoms with Gasteiger partial charge in [-0.05, 0) is 72.5 Å². The molecule has 1 aromatic heterocycles. The van der Waals surface area contributed by atoms with Gasteiger partial charge in [0.1, 0.15) is 0 Å². The number of carbonyl (C=O) groups is 1. The second-order valence-corrected chi connectivity index (χ2v) is 7.46. The minimum Gasteiger partial charge on any atom is -0.368 e. The van der Waals surface area contributed by atoms with Gasteiger partial charge >= 0.3 is 6.18 Å². The van der Waals surface area contributed by atoms with Crippen molar-refractivity contribution in [2.24, 2.45) is 0 Å². The zero-order valence-corrected chi connectivity index (χ0v) is 17.3. The zero-order chi connectivity index (χ0) is 23.0. The maximum absolute atomic E-state index is 13.2. The highest BCUT2D eigenvalue weighted by Crippen LogP contribution is 2.33. The number of nitrogens with one attached hydrogen (secondary N) is 1. The molecule has 0 atom stereocenters. The molecule has 0 aliphatic heterocycles. The van der Waals surface area contributed by atoms with E-state index in [0.717, 1.165) is 28.1 Å². The van der Waals surface area contributed by atoms with Gasteiger partial charge in [0.15, 0.2) is 0 Å². The summed E-state index contributed by atoms with van der Waals surface area (Å²) in [6.45, 7) is 3.23. The molecule has 0 fully saturated rings. The topological polar surface area (TPSA) is 80.9 Å². The molecule has 162 valence electrons. The summed E-state index contributed by atoms with van der Waals surface area (Å²) in [5.41, 5.74) is 8.57. The molecular weight excluding hydrogens is 417 g/mol. The summed E-state index contributed by atoms with van der Waals surface area (Å²) < 4.78 is 39.6. The Morgan fingerprint density at radius 2 is 1.81 bits per heavy atom. The summed E-state index contributed by atoms with van der Waals surface area (Å²) in [7, 11) is 0. The summed E-state index contributed by atoms with van der Waals surface area (Å²) in [4.78, 5) is 20.9. The van der Waals surface area contributed by atoms with E-state index in [-0.39, 0.29) is 17.1 Å². The normalized spacial score (nSPS) is 11.5. The highest BCUT2D eigenvalue weighted by molar-refractivity contribution is 6.05. The van der Waals surface area contributed by atoms with Crippen LogP contribution in [0.5, 0.6) is 0 Å². The average molecular weight is 436 g/mol. The molecule has 0 saturated heterocycles.